The van der Waals surface area contributed by atoms with Gasteiger partial charge in [-0.2, -0.15) is 0 Å². The zero-order chi connectivity index (χ0) is 21.8. The van der Waals surface area contributed by atoms with Gasteiger partial charge in [0.1, 0.15) is 6.10 Å². The molecule has 1 fully saturated rings. The van der Waals surface area contributed by atoms with Crippen LogP contribution in [0.3, 0.4) is 0 Å². The number of nitrogens with one attached hydrogen (secondary N) is 3. The maximum Gasteiger partial charge on any atom is 0.234 e. The van der Waals surface area contributed by atoms with Crippen molar-refractivity contribution in [2.75, 3.05) is 39.3 Å². The monoisotopic (exact) mass is 549 g/mol. The summed E-state index contributed by atoms with van der Waals surface area (Å²) < 4.78 is 19.4. The molecule has 1 aliphatic rings. The van der Waals surface area contributed by atoms with Gasteiger partial charge >= 0.3 is 0 Å². The molecule has 1 aromatic rings. The average Bonchev–Trinajstić information content (AvgIpc) is 2.74. The Bertz CT molecular complexity index is 684. The number of benzene rings is 1. The number of carbonyl (C=O) groups is 1. The van der Waals surface area contributed by atoms with Crippen LogP contribution < -0.4 is 20.7 Å². The van der Waals surface area contributed by atoms with E-state index < -0.39 is 0 Å². The van der Waals surface area contributed by atoms with E-state index in [9.17, 15) is 9.18 Å². The van der Waals surface area contributed by atoms with E-state index in [0.29, 0.717) is 19.1 Å². The molecule has 9 heteroatoms. The summed E-state index contributed by atoms with van der Waals surface area (Å²) in [6.45, 7) is 10.1. The Morgan fingerprint density at radius 2 is 1.97 bits per heavy atom. The van der Waals surface area contributed by atoms with Crippen molar-refractivity contribution in [2.45, 2.75) is 52.2 Å². The molecule has 0 spiro atoms. The first-order valence-corrected chi connectivity index (χ1v) is 11.0. The van der Waals surface area contributed by atoms with Crippen LogP contribution in [0.1, 0.15) is 40.0 Å². The van der Waals surface area contributed by atoms with E-state index in [1.165, 1.54) is 6.07 Å². The summed E-state index contributed by atoms with van der Waals surface area (Å²) in [6.07, 6.45) is 2.61. The molecular formula is C22H37FIN5O2. The van der Waals surface area contributed by atoms with Crippen molar-refractivity contribution >= 4 is 35.8 Å². The molecule has 1 amide bonds. The van der Waals surface area contributed by atoms with Crippen LogP contribution in [0.4, 0.5) is 4.39 Å². The lowest BCUT2D eigenvalue weighted by atomic mass is 10.1. The highest BCUT2D eigenvalue weighted by Crippen LogP contribution is 2.17. The van der Waals surface area contributed by atoms with E-state index in [0.717, 1.165) is 51.4 Å². The number of aliphatic imine (C=N–C) groups is 1. The molecule has 31 heavy (non-hydrogen) atoms. The zero-order valence-corrected chi connectivity index (χ0v) is 21.2. The first-order valence-electron chi connectivity index (χ1n) is 11.0. The number of hydrogen-bond acceptors (Lipinski definition) is 4. The van der Waals surface area contributed by atoms with Crippen LogP contribution in [0, 0.1) is 5.82 Å². The fraction of sp³-hybridized carbons (Fsp3) is 0.636. The Morgan fingerprint density at radius 1 is 1.26 bits per heavy atom. The van der Waals surface area contributed by atoms with Crippen LogP contribution in [-0.2, 0) is 4.79 Å². The highest BCUT2D eigenvalue weighted by Gasteiger charge is 2.21. The molecular weight excluding hydrogens is 512 g/mol. The smallest absolute Gasteiger partial charge is 0.234 e. The van der Waals surface area contributed by atoms with Gasteiger partial charge in [0.15, 0.2) is 17.5 Å². The third-order valence-corrected chi connectivity index (χ3v) is 4.88. The van der Waals surface area contributed by atoms with E-state index in [2.05, 4.69) is 25.8 Å². The molecule has 0 bridgehead atoms. The summed E-state index contributed by atoms with van der Waals surface area (Å²) in [6, 6.07) is 6.70. The van der Waals surface area contributed by atoms with E-state index in [1.807, 2.05) is 20.8 Å². The fourth-order valence-corrected chi connectivity index (χ4v) is 3.29. The largest absolute Gasteiger partial charge is 0.486 e. The number of amides is 1. The summed E-state index contributed by atoms with van der Waals surface area (Å²) in [5.74, 6) is 0.713. The molecule has 1 aromatic carbocycles. The summed E-state index contributed by atoms with van der Waals surface area (Å²) in [5, 5.41) is 9.66. The van der Waals surface area contributed by atoms with Gasteiger partial charge in [-0.1, -0.05) is 19.1 Å². The Balaban J connectivity index is 0.00000480. The van der Waals surface area contributed by atoms with E-state index in [1.54, 1.807) is 18.2 Å². The predicted molar refractivity (Wildman–Crippen MR) is 134 cm³/mol. The number of para-hydroxylation sites is 1. The lowest BCUT2D eigenvalue weighted by Crippen LogP contribution is -2.50. The molecule has 1 unspecified atom stereocenters. The van der Waals surface area contributed by atoms with E-state index >= 15 is 0 Å². The van der Waals surface area contributed by atoms with E-state index in [-0.39, 0.29) is 47.6 Å². The number of nitrogens with zero attached hydrogens (tertiary/aromatic N) is 2. The molecule has 1 heterocycles. The average molecular weight is 549 g/mol. The number of hydrogen-bond donors (Lipinski definition) is 3. The highest BCUT2D eigenvalue weighted by molar-refractivity contribution is 14.0. The molecule has 176 valence electrons. The van der Waals surface area contributed by atoms with Gasteiger partial charge < -0.3 is 20.7 Å². The van der Waals surface area contributed by atoms with Gasteiger partial charge in [-0.3, -0.25) is 9.69 Å². The minimum absolute atomic E-state index is 0. The van der Waals surface area contributed by atoms with Crippen molar-refractivity contribution < 1.29 is 13.9 Å². The van der Waals surface area contributed by atoms with Crippen molar-refractivity contribution in [1.29, 1.82) is 0 Å². The summed E-state index contributed by atoms with van der Waals surface area (Å²) in [5.41, 5.74) is 0. The van der Waals surface area contributed by atoms with Gasteiger partial charge in [0.2, 0.25) is 5.91 Å². The van der Waals surface area contributed by atoms with Gasteiger partial charge in [0.25, 0.3) is 0 Å². The molecule has 0 aromatic heterocycles. The van der Waals surface area contributed by atoms with Gasteiger partial charge in [0, 0.05) is 32.2 Å². The topological polar surface area (TPSA) is 78.0 Å². The first kappa shape index (κ1) is 27.4. The van der Waals surface area contributed by atoms with Crippen LogP contribution >= 0.6 is 24.0 Å². The molecule has 0 saturated carbocycles. The van der Waals surface area contributed by atoms with Crippen molar-refractivity contribution in [2.24, 2.45) is 4.99 Å². The van der Waals surface area contributed by atoms with Crippen LogP contribution in [-0.4, -0.2) is 68.2 Å². The number of rotatable bonds is 10. The lowest BCUT2D eigenvalue weighted by Gasteiger charge is -2.32. The molecule has 2 rings (SSSR count). The normalized spacial score (nSPS) is 16.2. The number of guanidine groups is 1. The minimum Gasteiger partial charge on any atom is -0.486 e. The third kappa shape index (κ3) is 10.5. The number of halogens is 2. The van der Waals surface area contributed by atoms with Crippen molar-refractivity contribution in [3.05, 3.63) is 30.1 Å². The number of piperidine rings is 1. The Morgan fingerprint density at radius 3 is 2.61 bits per heavy atom. The highest BCUT2D eigenvalue weighted by atomic mass is 127. The number of carbonyl (C=O) groups excluding carboxylic acids is 1. The SMILES string of the molecule is CCCNC(=O)CN1CCC(NC(=NCC(C)Oc2ccccc2F)NCC)CC1.I. The van der Waals surface area contributed by atoms with Crippen molar-refractivity contribution in [1.82, 2.24) is 20.9 Å². The van der Waals surface area contributed by atoms with Crippen LogP contribution in [0.2, 0.25) is 0 Å². The molecule has 3 N–H and O–H groups in total. The predicted octanol–water partition coefficient (Wildman–Crippen LogP) is 2.76. The van der Waals surface area contributed by atoms with Crippen LogP contribution in [0.5, 0.6) is 5.75 Å². The van der Waals surface area contributed by atoms with E-state index in [4.69, 9.17) is 4.74 Å². The second-order valence-corrected chi connectivity index (χ2v) is 7.62. The summed E-state index contributed by atoms with van der Waals surface area (Å²) >= 11 is 0. The standard InChI is InChI=1S/C22H36FN5O2.HI/c1-4-12-25-21(29)16-28-13-10-18(11-14-28)27-22(24-5-2)26-15-17(3)30-20-9-7-6-8-19(20)23;/h6-9,17-18H,4-5,10-16H2,1-3H3,(H,25,29)(H2,24,26,27);1H. The van der Waals surface area contributed by atoms with Crippen molar-refractivity contribution in [3.63, 3.8) is 0 Å². The second kappa shape index (κ2) is 15.2. The molecule has 0 aliphatic carbocycles. The first-order chi connectivity index (χ1) is 14.5. The molecule has 7 nitrogen and oxygen atoms in total. The van der Waals surface area contributed by atoms with Crippen molar-refractivity contribution in [3.8, 4) is 5.75 Å². The molecule has 1 aliphatic heterocycles. The summed E-state index contributed by atoms with van der Waals surface area (Å²) in [7, 11) is 0. The van der Waals surface area contributed by atoms with Gasteiger partial charge in [-0.15, -0.1) is 24.0 Å². The maximum absolute atomic E-state index is 13.7. The zero-order valence-electron chi connectivity index (χ0n) is 18.8. The van der Waals surface area contributed by atoms with Crippen LogP contribution in [0.25, 0.3) is 0 Å². The Kier molecular flexibility index (Phi) is 13.5. The molecule has 1 saturated heterocycles. The third-order valence-electron chi connectivity index (χ3n) is 4.88. The second-order valence-electron chi connectivity index (χ2n) is 7.62. The fourth-order valence-electron chi connectivity index (χ4n) is 3.29. The quantitative estimate of drug-likeness (QED) is 0.238. The Labute approximate surface area is 202 Å². The Hall–Kier alpha value is -1.62. The molecule has 0 radical (unpaired) electrons. The van der Waals surface area contributed by atoms with Gasteiger partial charge in [0.05, 0.1) is 13.1 Å². The summed E-state index contributed by atoms with van der Waals surface area (Å²) in [4.78, 5) is 18.7. The van der Waals surface area contributed by atoms with Gasteiger partial charge in [-0.25, -0.2) is 9.38 Å². The number of ether oxygens (including phenoxy) is 1. The number of likely N-dealkylation sites (tertiary alicyclic amines) is 1. The molecule has 1 atom stereocenters. The minimum atomic E-state index is -0.367. The van der Waals surface area contributed by atoms with Gasteiger partial charge in [-0.05, 0) is 45.2 Å². The lowest BCUT2D eigenvalue weighted by molar-refractivity contribution is -0.122. The maximum atomic E-state index is 13.7. The van der Waals surface area contributed by atoms with Crippen LogP contribution in [0.15, 0.2) is 29.3 Å².